The Morgan fingerprint density at radius 1 is 1.42 bits per heavy atom. The second kappa shape index (κ2) is 6.78. The summed E-state index contributed by atoms with van der Waals surface area (Å²) in [6, 6.07) is 7.39. The first-order chi connectivity index (χ1) is 8.70. The minimum Gasteiger partial charge on any atom is -0.497 e. The summed E-state index contributed by atoms with van der Waals surface area (Å²) in [4.78, 5) is 12.3. The molecule has 1 aliphatic carbocycles. The van der Waals surface area contributed by atoms with Crippen LogP contribution in [0, 0.1) is 5.41 Å². The molecule has 0 atom stereocenters. The van der Waals surface area contributed by atoms with Gasteiger partial charge in [-0.3, -0.25) is 4.79 Å². The summed E-state index contributed by atoms with van der Waals surface area (Å²) in [5.74, 6) is 0.775. The van der Waals surface area contributed by atoms with Crippen molar-refractivity contribution >= 4 is 24.0 Å². The van der Waals surface area contributed by atoms with Crippen LogP contribution in [0.3, 0.4) is 0 Å². The van der Waals surface area contributed by atoms with E-state index in [1.165, 1.54) is 0 Å². The number of carbonyl (C=O) groups excluding carboxylic acids is 1. The molecule has 1 aromatic carbocycles. The monoisotopic (exact) mass is 284 g/mol. The summed E-state index contributed by atoms with van der Waals surface area (Å²) in [5.41, 5.74) is 6.18. The fraction of sp³-hybridized carbons (Fsp3) is 0.500. The van der Waals surface area contributed by atoms with Crippen molar-refractivity contribution in [3.05, 3.63) is 24.3 Å². The Hall–Kier alpha value is -1.26. The van der Waals surface area contributed by atoms with Crippen molar-refractivity contribution < 1.29 is 9.53 Å². The van der Waals surface area contributed by atoms with Gasteiger partial charge in [0.2, 0.25) is 5.91 Å². The van der Waals surface area contributed by atoms with Gasteiger partial charge in [0, 0.05) is 18.3 Å². The number of benzene rings is 1. The van der Waals surface area contributed by atoms with Gasteiger partial charge in [0.15, 0.2) is 0 Å². The van der Waals surface area contributed by atoms with Gasteiger partial charge in [0.25, 0.3) is 0 Å². The fourth-order valence-electron chi connectivity index (χ4n) is 2.54. The molecule has 0 heterocycles. The van der Waals surface area contributed by atoms with Crippen molar-refractivity contribution in [1.29, 1.82) is 0 Å². The van der Waals surface area contributed by atoms with E-state index in [1.54, 1.807) is 7.11 Å². The second-order valence-electron chi connectivity index (χ2n) is 4.88. The number of nitrogens with two attached hydrogens (primary N) is 1. The summed E-state index contributed by atoms with van der Waals surface area (Å²) in [6.45, 7) is 0.419. The maximum absolute atomic E-state index is 12.3. The van der Waals surface area contributed by atoms with E-state index in [1.807, 2.05) is 24.3 Å². The Morgan fingerprint density at radius 2 is 2.11 bits per heavy atom. The molecule has 1 saturated carbocycles. The van der Waals surface area contributed by atoms with Crippen molar-refractivity contribution in [2.24, 2.45) is 11.1 Å². The highest BCUT2D eigenvalue weighted by Gasteiger charge is 2.39. The zero-order chi connectivity index (χ0) is 13.0. The molecule has 1 amide bonds. The van der Waals surface area contributed by atoms with Crippen molar-refractivity contribution in [2.75, 3.05) is 19.0 Å². The van der Waals surface area contributed by atoms with E-state index in [0.717, 1.165) is 37.1 Å². The molecule has 19 heavy (non-hydrogen) atoms. The molecular formula is C14H21ClN2O2. The summed E-state index contributed by atoms with van der Waals surface area (Å²) in [6.07, 6.45) is 3.95. The highest BCUT2D eigenvalue weighted by molar-refractivity contribution is 5.95. The van der Waals surface area contributed by atoms with Crippen LogP contribution in [-0.4, -0.2) is 19.6 Å². The van der Waals surface area contributed by atoms with Crippen LogP contribution >= 0.6 is 12.4 Å². The summed E-state index contributed by atoms with van der Waals surface area (Å²) < 4.78 is 5.14. The molecule has 0 aromatic heterocycles. The van der Waals surface area contributed by atoms with Gasteiger partial charge >= 0.3 is 0 Å². The predicted octanol–water partition coefficient (Wildman–Crippen LogP) is 2.57. The van der Waals surface area contributed by atoms with Gasteiger partial charge in [0.05, 0.1) is 12.5 Å². The largest absolute Gasteiger partial charge is 0.497 e. The molecule has 0 radical (unpaired) electrons. The number of rotatable bonds is 4. The van der Waals surface area contributed by atoms with Gasteiger partial charge in [-0.2, -0.15) is 0 Å². The van der Waals surface area contributed by atoms with Crippen LogP contribution in [0.15, 0.2) is 24.3 Å². The quantitative estimate of drug-likeness (QED) is 0.893. The van der Waals surface area contributed by atoms with E-state index < -0.39 is 0 Å². The number of methoxy groups -OCH3 is 1. The topological polar surface area (TPSA) is 64.3 Å². The SMILES string of the molecule is COc1cccc(NC(=O)C2(CN)CCCC2)c1.Cl. The molecule has 0 spiro atoms. The molecule has 3 N–H and O–H groups in total. The Kier molecular flexibility index (Phi) is 5.63. The van der Waals surface area contributed by atoms with Crippen LogP contribution in [0.2, 0.25) is 0 Å². The molecule has 106 valence electrons. The van der Waals surface area contributed by atoms with Gasteiger partial charge in [-0.25, -0.2) is 0 Å². The van der Waals surface area contributed by atoms with Crippen LogP contribution in [0.5, 0.6) is 5.75 Å². The van der Waals surface area contributed by atoms with E-state index in [-0.39, 0.29) is 23.7 Å². The maximum Gasteiger partial charge on any atom is 0.231 e. The Balaban J connectivity index is 0.00000180. The minimum atomic E-state index is -0.372. The lowest BCUT2D eigenvalue weighted by Crippen LogP contribution is -2.40. The zero-order valence-electron chi connectivity index (χ0n) is 11.1. The van der Waals surface area contributed by atoms with Crippen molar-refractivity contribution in [1.82, 2.24) is 0 Å². The molecular weight excluding hydrogens is 264 g/mol. The Morgan fingerprint density at radius 3 is 2.68 bits per heavy atom. The van der Waals surface area contributed by atoms with Crippen LogP contribution in [0.1, 0.15) is 25.7 Å². The first-order valence-corrected chi connectivity index (χ1v) is 6.36. The highest BCUT2D eigenvalue weighted by atomic mass is 35.5. The van der Waals surface area contributed by atoms with Crippen LogP contribution < -0.4 is 15.8 Å². The number of anilines is 1. The molecule has 0 aliphatic heterocycles. The summed E-state index contributed by atoms with van der Waals surface area (Å²) in [5, 5.41) is 2.95. The molecule has 0 bridgehead atoms. The first-order valence-electron chi connectivity index (χ1n) is 6.36. The number of nitrogens with one attached hydrogen (secondary N) is 1. The molecule has 1 aromatic rings. The molecule has 1 fully saturated rings. The molecule has 2 rings (SSSR count). The minimum absolute atomic E-state index is 0. The van der Waals surface area contributed by atoms with Gasteiger partial charge in [0.1, 0.15) is 5.75 Å². The van der Waals surface area contributed by atoms with Gasteiger partial charge in [-0.1, -0.05) is 18.9 Å². The lowest BCUT2D eigenvalue weighted by molar-refractivity contribution is -0.124. The smallest absolute Gasteiger partial charge is 0.231 e. The molecule has 1 aliphatic rings. The zero-order valence-corrected chi connectivity index (χ0v) is 12.0. The van der Waals surface area contributed by atoms with Crippen molar-refractivity contribution in [3.8, 4) is 5.75 Å². The van der Waals surface area contributed by atoms with Gasteiger partial charge < -0.3 is 15.8 Å². The van der Waals surface area contributed by atoms with E-state index in [0.29, 0.717) is 6.54 Å². The number of carbonyl (C=O) groups is 1. The average Bonchev–Trinajstić information content (AvgIpc) is 2.89. The number of ether oxygens (including phenoxy) is 1. The number of halogens is 1. The molecule has 4 nitrogen and oxygen atoms in total. The lowest BCUT2D eigenvalue weighted by Gasteiger charge is -2.25. The standard InChI is InChI=1S/C14H20N2O2.ClH/c1-18-12-6-4-5-11(9-12)16-13(17)14(10-15)7-2-3-8-14;/h4-6,9H,2-3,7-8,10,15H2,1H3,(H,16,17);1H. The van der Waals surface area contributed by atoms with Crippen LogP contribution in [0.4, 0.5) is 5.69 Å². The maximum atomic E-state index is 12.3. The second-order valence-corrected chi connectivity index (χ2v) is 4.88. The van der Waals surface area contributed by atoms with E-state index in [4.69, 9.17) is 10.5 Å². The van der Waals surface area contributed by atoms with Crippen molar-refractivity contribution in [2.45, 2.75) is 25.7 Å². The summed E-state index contributed by atoms with van der Waals surface area (Å²) in [7, 11) is 1.61. The van der Waals surface area contributed by atoms with Gasteiger partial charge in [-0.15, -0.1) is 12.4 Å². The summed E-state index contributed by atoms with van der Waals surface area (Å²) >= 11 is 0. The van der Waals surface area contributed by atoms with Gasteiger partial charge in [-0.05, 0) is 25.0 Å². The molecule has 0 saturated heterocycles. The average molecular weight is 285 g/mol. The first kappa shape index (κ1) is 15.8. The normalized spacial score (nSPS) is 16.5. The van der Waals surface area contributed by atoms with E-state index in [9.17, 15) is 4.79 Å². The number of amides is 1. The Labute approximate surface area is 120 Å². The highest BCUT2D eigenvalue weighted by Crippen LogP contribution is 2.38. The van der Waals surface area contributed by atoms with Crippen LogP contribution in [0.25, 0.3) is 0 Å². The predicted molar refractivity (Wildman–Crippen MR) is 78.8 cm³/mol. The van der Waals surface area contributed by atoms with E-state index >= 15 is 0 Å². The lowest BCUT2D eigenvalue weighted by atomic mass is 9.85. The third-order valence-corrected chi connectivity index (χ3v) is 3.76. The van der Waals surface area contributed by atoms with Crippen molar-refractivity contribution in [3.63, 3.8) is 0 Å². The van der Waals surface area contributed by atoms with Crippen LogP contribution in [-0.2, 0) is 4.79 Å². The fourth-order valence-corrected chi connectivity index (χ4v) is 2.54. The third-order valence-electron chi connectivity index (χ3n) is 3.76. The molecule has 0 unspecified atom stereocenters. The third kappa shape index (κ3) is 3.39. The molecule has 5 heteroatoms. The Bertz CT molecular complexity index is 431. The number of hydrogen-bond donors (Lipinski definition) is 2. The van der Waals surface area contributed by atoms with E-state index in [2.05, 4.69) is 5.32 Å². The number of hydrogen-bond acceptors (Lipinski definition) is 3.